The highest BCUT2D eigenvalue weighted by molar-refractivity contribution is 6.19. The molecule has 1 amide bonds. The van der Waals surface area contributed by atoms with Crippen LogP contribution in [0.5, 0.6) is 5.75 Å². The van der Waals surface area contributed by atoms with Crippen LogP contribution >= 0.6 is 0 Å². The molecule has 28 heavy (non-hydrogen) atoms. The van der Waals surface area contributed by atoms with Crippen molar-refractivity contribution < 1.29 is 19.4 Å². The standard InChI is InChI=1S/C21H23N3O4/c1-12(14-6-4-10-23-14)24-15-7-2-5-13(21(22)27)19(15)20-16(24)8-3-9-17(20)28-11-18(25)26/h2-3,5,7-9,12,14,23H,4,6,10-11H2,1H3,(H2,22,27)(H,25,26). The van der Waals surface area contributed by atoms with Gasteiger partial charge >= 0.3 is 5.97 Å². The minimum Gasteiger partial charge on any atom is -0.481 e. The number of fused-ring (bicyclic) bond motifs is 3. The van der Waals surface area contributed by atoms with Crippen LogP contribution in [0.4, 0.5) is 0 Å². The van der Waals surface area contributed by atoms with Crippen molar-refractivity contribution in [2.75, 3.05) is 13.2 Å². The number of carboxylic acid groups (broad SMARTS) is 1. The lowest BCUT2D eigenvalue weighted by Crippen LogP contribution is -2.30. The molecule has 2 heterocycles. The molecule has 0 bridgehead atoms. The van der Waals surface area contributed by atoms with Gasteiger partial charge in [0.25, 0.3) is 0 Å². The molecule has 0 saturated carbocycles. The molecule has 1 saturated heterocycles. The number of nitrogens with two attached hydrogens (primary N) is 1. The minimum atomic E-state index is -1.06. The van der Waals surface area contributed by atoms with E-state index in [2.05, 4.69) is 16.8 Å². The zero-order valence-electron chi connectivity index (χ0n) is 15.6. The number of carboxylic acids is 1. The lowest BCUT2D eigenvalue weighted by atomic mass is 10.1. The number of aromatic nitrogens is 1. The average molecular weight is 381 g/mol. The quantitative estimate of drug-likeness (QED) is 0.609. The Labute approximate surface area is 162 Å². The Balaban J connectivity index is 2.02. The van der Waals surface area contributed by atoms with E-state index >= 15 is 0 Å². The van der Waals surface area contributed by atoms with E-state index < -0.39 is 18.5 Å². The maximum absolute atomic E-state index is 12.1. The zero-order chi connectivity index (χ0) is 19.8. The lowest BCUT2D eigenvalue weighted by molar-refractivity contribution is -0.139. The topological polar surface area (TPSA) is 107 Å². The van der Waals surface area contributed by atoms with Crippen LogP contribution in [0.15, 0.2) is 36.4 Å². The monoisotopic (exact) mass is 381 g/mol. The van der Waals surface area contributed by atoms with E-state index in [1.54, 1.807) is 12.1 Å². The van der Waals surface area contributed by atoms with Crippen molar-refractivity contribution in [1.82, 2.24) is 9.88 Å². The van der Waals surface area contributed by atoms with E-state index in [1.807, 2.05) is 24.3 Å². The summed E-state index contributed by atoms with van der Waals surface area (Å²) >= 11 is 0. The normalized spacial score (nSPS) is 17.8. The molecule has 7 heteroatoms. The molecule has 7 nitrogen and oxygen atoms in total. The van der Waals surface area contributed by atoms with Gasteiger partial charge in [-0.2, -0.15) is 0 Å². The van der Waals surface area contributed by atoms with Gasteiger partial charge in [0.2, 0.25) is 5.91 Å². The SMILES string of the molecule is CC(C1CCCN1)n1c2cccc(OCC(=O)O)c2c2c(C(N)=O)cccc21. The van der Waals surface area contributed by atoms with Gasteiger partial charge in [-0.3, -0.25) is 4.79 Å². The number of nitrogens with one attached hydrogen (secondary N) is 1. The molecule has 4 rings (SSSR count). The molecule has 1 aliphatic rings. The van der Waals surface area contributed by atoms with E-state index in [0.29, 0.717) is 22.7 Å². The molecule has 2 atom stereocenters. The smallest absolute Gasteiger partial charge is 0.341 e. The van der Waals surface area contributed by atoms with E-state index in [1.165, 1.54) is 0 Å². The zero-order valence-corrected chi connectivity index (χ0v) is 15.6. The Hall–Kier alpha value is -3.06. The average Bonchev–Trinajstić information content (AvgIpc) is 3.31. The summed E-state index contributed by atoms with van der Waals surface area (Å²) < 4.78 is 7.76. The van der Waals surface area contributed by atoms with Crippen LogP contribution in [0.2, 0.25) is 0 Å². The first-order chi connectivity index (χ1) is 13.5. The first-order valence-corrected chi connectivity index (χ1v) is 9.42. The van der Waals surface area contributed by atoms with Gasteiger partial charge in [0.1, 0.15) is 5.75 Å². The fraction of sp³-hybridized carbons (Fsp3) is 0.333. The molecule has 0 aliphatic carbocycles. The molecular formula is C21H23N3O4. The highest BCUT2D eigenvalue weighted by atomic mass is 16.5. The molecule has 1 fully saturated rings. The second-order valence-electron chi connectivity index (χ2n) is 7.21. The molecule has 1 aromatic heterocycles. The molecule has 2 unspecified atom stereocenters. The third-order valence-electron chi connectivity index (χ3n) is 5.52. The summed E-state index contributed by atoms with van der Waals surface area (Å²) in [5.74, 6) is -1.15. The van der Waals surface area contributed by atoms with Gasteiger partial charge in [-0.15, -0.1) is 0 Å². The van der Waals surface area contributed by atoms with E-state index in [0.717, 1.165) is 35.8 Å². The van der Waals surface area contributed by atoms with Gasteiger partial charge in [0.05, 0.1) is 16.4 Å². The van der Waals surface area contributed by atoms with E-state index in [-0.39, 0.29) is 6.04 Å². The van der Waals surface area contributed by atoms with Gasteiger partial charge < -0.3 is 25.5 Å². The first-order valence-electron chi connectivity index (χ1n) is 9.42. The first kappa shape index (κ1) is 18.3. The highest BCUT2D eigenvalue weighted by Crippen LogP contribution is 2.40. The summed E-state index contributed by atoms with van der Waals surface area (Å²) in [7, 11) is 0. The highest BCUT2D eigenvalue weighted by Gasteiger charge is 2.27. The van der Waals surface area contributed by atoms with Crippen LogP contribution in [0.25, 0.3) is 21.8 Å². The predicted octanol–water partition coefficient (Wildman–Crippen LogP) is 2.67. The Kier molecular flexibility index (Phi) is 4.68. The van der Waals surface area contributed by atoms with Crippen molar-refractivity contribution in [2.45, 2.75) is 31.8 Å². The van der Waals surface area contributed by atoms with Crippen molar-refractivity contribution >= 4 is 33.7 Å². The maximum Gasteiger partial charge on any atom is 0.341 e. The molecule has 146 valence electrons. The number of hydrogen-bond donors (Lipinski definition) is 3. The fourth-order valence-electron chi connectivity index (χ4n) is 4.31. The third-order valence-corrected chi connectivity index (χ3v) is 5.52. The fourth-order valence-corrected chi connectivity index (χ4v) is 4.31. The van der Waals surface area contributed by atoms with Gasteiger partial charge in [-0.05, 0) is 50.6 Å². The number of carbonyl (C=O) groups excluding carboxylic acids is 1. The summed E-state index contributed by atoms with van der Waals surface area (Å²) in [6.07, 6.45) is 2.21. The number of benzene rings is 2. The van der Waals surface area contributed by atoms with Crippen LogP contribution in [0.3, 0.4) is 0 Å². The molecular weight excluding hydrogens is 358 g/mol. The van der Waals surface area contributed by atoms with Gasteiger partial charge in [0, 0.05) is 23.0 Å². The van der Waals surface area contributed by atoms with Crippen LogP contribution in [-0.2, 0) is 4.79 Å². The Bertz CT molecular complexity index is 1070. The summed E-state index contributed by atoms with van der Waals surface area (Å²) in [5, 5.41) is 14.0. The number of ether oxygens (including phenoxy) is 1. The Morgan fingerprint density at radius 3 is 2.61 bits per heavy atom. The summed E-state index contributed by atoms with van der Waals surface area (Å²) in [5.41, 5.74) is 7.84. The van der Waals surface area contributed by atoms with Crippen LogP contribution in [0, 0.1) is 0 Å². The second kappa shape index (κ2) is 7.16. The number of amides is 1. The number of carbonyl (C=O) groups is 2. The lowest BCUT2D eigenvalue weighted by Gasteiger charge is -2.23. The van der Waals surface area contributed by atoms with Gasteiger partial charge in [0.15, 0.2) is 6.61 Å². The Morgan fingerprint density at radius 2 is 1.96 bits per heavy atom. The predicted molar refractivity (Wildman–Crippen MR) is 107 cm³/mol. The molecule has 4 N–H and O–H groups in total. The second-order valence-corrected chi connectivity index (χ2v) is 7.21. The molecule has 0 radical (unpaired) electrons. The number of nitrogens with zero attached hydrogens (tertiary/aromatic N) is 1. The van der Waals surface area contributed by atoms with Crippen LogP contribution in [-0.4, -0.2) is 40.7 Å². The number of primary amides is 1. The van der Waals surface area contributed by atoms with Crippen molar-refractivity contribution in [1.29, 1.82) is 0 Å². The Morgan fingerprint density at radius 1 is 1.25 bits per heavy atom. The van der Waals surface area contributed by atoms with E-state index in [4.69, 9.17) is 15.6 Å². The van der Waals surface area contributed by atoms with Crippen molar-refractivity contribution in [3.63, 3.8) is 0 Å². The van der Waals surface area contributed by atoms with Crippen LogP contribution in [0.1, 0.15) is 36.2 Å². The summed E-state index contributed by atoms with van der Waals surface area (Å²) in [4.78, 5) is 23.2. The number of rotatable bonds is 6. The number of aliphatic carboxylic acids is 1. The molecule has 1 aliphatic heterocycles. The third kappa shape index (κ3) is 2.97. The van der Waals surface area contributed by atoms with E-state index in [9.17, 15) is 9.59 Å². The summed E-state index contributed by atoms with van der Waals surface area (Å²) in [6, 6.07) is 11.5. The molecule has 0 spiro atoms. The van der Waals surface area contributed by atoms with Crippen molar-refractivity contribution in [2.24, 2.45) is 5.73 Å². The number of hydrogen-bond acceptors (Lipinski definition) is 4. The van der Waals surface area contributed by atoms with Crippen molar-refractivity contribution in [3.05, 3.63) is 42.0 Å². The minimum absolute atomic E-state index is 0.139. The van der Waals surface area contributed by atoms with Crippen molar-refractivity contribution in [3.8, 4) is 5.75 Å². The summed E-state index contributed by atoms with van der Waals surface area (Å²) in [6.45, 7) is 2.69. The molecule has 3 aromatic rings. The van der Waals surface area contributed by atoms with Gasteiger partial charge in [-0.1, -0.05) is 12.1 Å². The largest absolute Gasteiger partial charge is 0.481 e. The van der Waals surface area contributed by atoms with Gasteiger partial charge in [-0.25, -0.2) is 4.79 Å². The molecule has 2 aromatic carbocycles. The van der Waals surface area contributed by atoms with Crippen LogP contribution < -0.4 is 15.8 Å². The maximum atomic E-state index is 12.1.